The normalized spacial score (nSPS) is 19.2. The van der Waals surface area contributed by atoms with Gasteiger partial charge in [0.1, 0.15) is 11.7 Å². The lowest BCUT2D eigenvalue weighted by Crippen LogP contribution is -2.38. The number of nitrogens with zero attached hydrogens (tertiary/aromatic N) is 3. The second-order valence-corrected chi connectivity index (χ2v) is 6.97. The van der Waals surface area contributed by atoms with E-state index >= 15 is 0 Å². The van der Waals surface area contributed by atoms with Crippen molar-refractivity contribution >= 4 is 17.5 Å². The first-order valence-electron chi connectivity index (χ1n) is 9.74. The van der Waals surface area contributed by atoms with Crippen LogP contribution < -0.4 is 0 Å². The van der Waals surface area contributed by atoms with Crippen LogP contribution in [-0.2, 0) is 9.59 Å². The number of likely N-dealkylation sites (N-methyl/N-ethyl adjacent to an activating group) is 1. The van der Waals surface area contributed by atoms with Gasteiger partial charge in [0.05, 0.1) is 6.04 Å². The second kappa shape index (κ2) is 9.05. The highest BCUT2D eigenvalue weighted by Gasteiger charge is 2.51. The van der Waals surface area contributed by atoms with Crippen molar-refractivity contribution in [1.82, 2.24) is 14.8 Å². The number of benzene rings is 1. The number of ketones is 2. The minimum atomic E-state index is -1.21. The van der Waals surface area contributed by atoms with E-state index in [1.807, 2.05) is 13.8 Å². The van der Waals surface area contributed by atoms with Crippen molar-refractivity contribution in [2.75, 3.05) is 26.2 Å². The SMILES string of the molecule is CCN(CC)CCN1C(=O)C(=O)C(C(=O)c2ccncc2)C1c1cccc(F)c1. The molecule has 29 heavy (non-hydrogen) atoms. The maximum atomic E-state index is 13.9. The van der Waals surface area contributed by atoms with Crippen molar-refractivity contribution in [3.05, 3.63) is 65.7 Å². The first-order valence-corrected chi connectivity index (χ1v) is 9.74. The van der Waals surface area contributed by atoms with Crippen molar-refractivity contribution in [3.63, 3.8) is 0 Å². The van der Waals surface area contributed by atoms with Crippen LogP contribution in [0.3, 0.4) is 0 Å². The quantitative estimate of drug-likeness (QED) is 0.389. The molecule has 1 aromatic heterocycles. The molecule has 0 spiro atoms. The molecule has 2 aromatic rings. The van der Waals surface area contributed by atoms with Crippen LogP contribution in [0.4, 0.5) is 4.39 Å². The first-order chi connectivity index (χ1) is 14.0. The molecule has 1 fully saturated rings. The van der Waals surface area contributed by atoms with Gasteiger partial charge >= 0.3 is 0 Å². The van der Waals surface area contributed by atoms with Crippen molar-refractivity contribution < 1.29 is 18.8 Å². The molecule has 152 valence electrons. The Balaban J connectivity index is 2.00. The van der Waals surface area contributed by atoms with Crippen molar-refractivity contribution in [2.45, 2.75) is 19.9 Å². The average molecular weight is 397 g/mol. The highest BCUT2D eigenvalue weighted by molar-refractivity contribution is 6.44. The van der Waals surface area contributed by atoms with E-state index < -0.39 is 35.3 Å². The molecule has 3 rings (SSSR count). The number of hydrogen-bond acceptors (Lipinski definition) is 5. The Morgan fingerprint density at radius 2 is 1.83 bits per heavy atom. The Kier molecular flexibility index (Phi) is 6.49. The molecule has 2 unspecified atom stereocenters. The molecule has 1 aliphatic rings. The molecule has 0 radical (unpaired) electrons. The molecule has 1 aliphatic heterocycles. The molecular weight excluding hydrogens is 373 g/mol. The molecule has 6 nitrogen and oxygen atoms in total. The van der Waals surface area contributed by atoms with E-state index in [0.717, 1.165) is 13.1 Å². The zero-order valence-electron chi connectivity index (χ0n) is 16.5. The van der Waals surface area contributed by atoms with E-state index in [-0.39, 0.29) is 6.54 Å². The summed E-state index contributed by atoms with van der Waals surface area (Å²) in [7, 11) is 0. The van der Waals surface area contributed by atoms with Gasteiger partial charge in [0, 0.05) is 31.0 Å². The molecule has 2 heterocycles. The molecule has 0 bridgehead atoms. The highest BCUT2D eigenvalue weighted by Crippen LogP contribution is 2.38. The summed E-state index contributed by atoms with van der Waals surface area (Å²) in [6.07, 6.45) is 2.92. The van der Waals surface area contributed by atoms with Crippen LogP contribution in [0, 0.1) is 11.7 Å². The summed E-state index contributed by atoms with van der Waals surface area (Å²) in [5.74, 6) is -3.58. The monoisotopic (exact) mass is 397 g/mol. The van der Waals surface area contributed by atoms with Crippen molar-refractivity contribution in [3.8, 4) is 0 Å². The van der Waals surface area contributed by atoms with Crippen LogP contribution >= 0.6 is 0 Å². The first kappa shape index (κ1) is 20.8. The number of likely N-dealkylation sites (tertiary alicyclic amines) is 1. The fourth-order valence-electron chi connectivity index (χ4n) is 3.77. The Morgan fingerprint density at radius 1 is 1.14 bits per heavy atom. The highest BCUT2D eigenvalue weighted by atomic mass is 19.1. The van der Waals surface area contributed by atoms with Crippen molar-refractivity contribution in [1.29, 1.82) is 0 Å². The van der Waals surface area contributed by atoms with Gasteiger partial charge in [-0.3, -0.25) is 19.4 Å². The summed E-state index contributed by atoms with van der Waals surface area (Å²) >= 11 is 0. The fourth-order valence-corrected chi connectivity index (χ4v) is 3.77. The minimum absolute atomic E-state index is 0.285. The van der Waals surface area contributed by atoms with Crippen LogP contribution in [0.15, 0.2) is 48.8 Å². The summed E-state index contributed by atoms with van der Waals surface area (Å²) in [5.41, 5.74) is 0.745. The molecule has 2 atom stereocenters. The number of aromatic nitrogens is 1. The molecule has 1 aromatic carbocycles. The van der Waals surface area contributed by atoms with Crippen LogP contribution in [0.2, 0.25) is 0 Å². The summed E-state index contributed by atoms with van der Waals surface area (Å²) in [6.45, 7) is 6.48. The largest absolute Gasteiger partial charge is 0.327 e. The molecule has 7 heteroatoms. The minimum Gasteiger partial charge on any atom is -0.327 e. The molecule has 0 N–H and O–H groups in total. The number of Topliss-reactive ketones (excluding diaryl/α,β-unsaturated/α-hetero) is 2. The molecule has 0 aliphatic carbocycles. The molecule has 1 saturated heterocycles. The second-order valence-electron chi connectivity index (χ2n) is 6.97. The number of amides is 1. The number of hydrogen-bond donors (Lipinski definition) is 0. The standard InChI is InChI=1S/C22H24FN3O3/c1-3-25(4-2)12-13-26-19(16-6-5-7-17(23)14-16)18(21(28)22(26)29)20(27)15-8-10-24-11-9-15/h5-11,14,18-19H,3-4,12-13H2,1-2H3. The third-order valence-electron chi connectivity index (χ3n) is 5.39. The number of carbonyl (C=O) groups excluding carboxylic acids is 3. The van der Waals surface area contributed by atoms with Crippen LogP contribution in [0.5, 0.6) is 0 Å². The van der Waals surface area contributed by atoms with Gasteiger partial charge in [0.2, 0.25) is 5.78 Å². The van der Waals surface area contributed by atoms with Gasteiger partial charge in [-0.2, -0.15) is 0 Å². The maximum Gasteiger partial charge on any atom is 0.291 e. The summed E-state index contributed by atoms with van der Waals surface area (Å²) < 4.78 is 13.9. The van der Waals surface area contributed by atoms with E-state index in [1.54, 1.807) is 6.07 Å². The van der Waals surface area contributed by atoms with Gasteiger partial charge in [-0.15, -0.1) is 0 Å². The average Bonchev–Trinajstić information content (AvgIpc) is 2.99. The topological polar surface area (TPSA) is 70.6 Å². The summed E-state index contributed by atoms with van der Waals surface area (Å²) in [5, 5.41) is 0. The lowest BCUT2D eigenvalue weighted by atomic mass is 9.86. The van der Waals surface area contributed by atoms with Gasteiger partial charge in [-0.25, -0.2) is 4.39 Å². The zero-order valence-corrected chi connectivity index (χ0v) is 16.5. The Labute approximate surface area is 169 Å². The molecular formula is C22H24FN3O3. The predicted octanol–water partition coefficient (Wildman–Crippen LogP) is 2.51. The molecule has 0 saturated carbocycles. The number of rotatable bonds is 8. The Hall–Kier alpha value is -2.93. The summed E-state index contributed by atoms with van der Waals surface area (Å²) in [4.78, 5) is 46.2. The third-order valence-corrected chi connectivity index (χ3v) is 5.39. The van der Waals surface area contributed by atoms with Gasteiger partial charge in [0.15, 0.2) is 5.78 Å². The van der Waals surface area contributed by atoms with Gasteiger partial charge < -0.3 is 9.80 Å². The fraction of sp³-hybridized carbons (Fsp3) is 0.364. The van der Waals surface area contributed by atoms with Crippen LogP contribution in [-0.4, -0.2) is 58.4 Å². The number of halogens is 1. The number of pyridine rings is 1. The van der Waals surface area contributed by atoms with Gasteiger partial charge in [-0.05, 0) is 42.9 Å². The van der Waals surface area contributed by atoms with Crippen LogP contribution in [0.25, 0.3) is 0 Å². The van der Waals surface area contributed by atoms with E-state index in [1.165, 1.54) is 47.6 Å². The predicted molar refractivity (Wildman–Crippen MR) is 106 cm³/mol. The van der Waals surface area contributed by atoms with E-state index in [9.17, 15) is 18.8 Å². The third kappa shape index (κ3) is 4.24. The van der Waals surface area contributed by atoms with E-state index in [0.29, 0.717) is 17.7 Å². The maximum absolute atomic E-state index is 13.9. The lowest BCUT2D eigenvalue weighted by molar-refractivity contribution is -0.140. The zero-order chi connectivity index (χ0) is 21.0. The van der Waals surface area contributed by atoms with Crippen molar-refractivity contribution in [2.24, 2.45) is 5.92 Å². The van der Waals surface area contributed by atoms with Gasteiger partial charge in [-0.1, -0.05) is 26.0 Å². The summed E-state index contributed by atoms with van der Waals surface area (Å²) in [6, 6.07) is 7.95. The van der Waals surface area contributed by atoms with Gasteiger partial charge in [0.25, 0.3) is 5.91 Å². The van der Waals surface area contributed by atoms with E-state index in [2.05, 4.69) is 9.88 Å². The number of carbonyl (C=O) groups is 3. The van der Waals surface area contributed by atoms with Crippen LogP contribution in [0.1, 0.15) is 35.8 Å². The van der Waals surface area contributed by atoms with E-state index in [4.69, 9.17) is 0 Å². The lowest BCUT2D eigenvalue weighted by Gasteiger charge is -2.29. The Morgan fingerprint density at radius 3 is 2.45 bits per heavy atom. The molecule has 1 amide bonds. The Bertz CT molecular complexity index is 899. The smallest absolute Gasteiger partial charge is 0.291 e.